The van der Waals surface area contributed by atoms with Gasteiger partial charge < -0.3 is 9.52 Å². The lowest BCUT2D eigenvalue weighted by Gasteiger charge is -2.10. The minimum atomic E-state index is -3.57. The molecule has 2 aromatic rings. The molecule has 0 aliphatic heterocycles. The van der Waals surface area contributed by atoms with E-state index >= 15 is 0 Å². The molecule has 2 rings (SSSR count). The summed E-state index contributed by atoms with van der Waals surface area (Å²) in [6.45, 7) is 3.55. The maximum Gasteiger partial charge on any atom is 0.250 e. The molecule has 0 aliphatic rings. The highest BCUT2D eigenvalue weighted by Gasteiger charge is 2.21. The molecular formula is C13H17NO4S2. The number of aliphatic hydroxyl groups excluding tert-OH is 1. The topological polar surface area (TPSA) is 79.5 Å². The van der Waals surface area contributed by atoms with Gasteiger partial charge in [-0.3, -0.25) is 0 Å². The fourth-order valence-electron chi connectivity index (χ4n) is 1.78. The van der Waals surface area contributed by atoms with Crippen molar-refractivity contribution in [2.75, 3.05) is 6.61 Å². The molecule has 2 heterocycles. The molecular weight excluding hydrogens is 298 g/mol. The molecule has 2 aromatic heterocycles. The van der Waals surface area contributed by atoms with E-state index in [4.69, 9.17) is 9.52 Å². The maximum atomic E-state index is 12.2. The Balaban J connectivity index is 2.13. The van der Waals surface area contributed by atoms with Crippen molar-refractivity contribution in [1.82, 2.24) is 4.72 Å². The molecule has 0 saturated carbocycles. The molecule has 0 bridgehead atoms. The van der Waals surface area contributed by atoms with Crippen LogP contribution in [-0.4, -0.2) is 20.1 Å². The third kappa shape index (κ3) is 3.49. The fraction of sp³-hybridized carbons (Fsp3) is 0.385. The van der Waals surface area contributed by atoms with Crippen LogP contribution in [0.25, 0.3) is 0 Å². The fourth-order valence-corrected chi connectivity index (χ4v) is 4.36. The summed E-state index contributed by atoms with van der Waals surface area (Å²) in [4.78, 5) is 0.842. The minimum Gasteiger partial charge on any atom is -0.465 e. The monoisotopic (exact) mass is 315 g/mol. The largest absolute Gasteiger partial charge is 0.465 e. The van der Waals surface area contributed by atoms with Gasteiger partial charge in [-0.1, -0.05) is 0 Å². The third-order valence-electron chi connectivity index (χ3n) is 2.78. The summed E-state index contributed by atoms with van der Waals surface area (Å²) in [5.74, 6) is 1.32. The first kappa shape index (κ1) is 15.2. The Bertz CT molecular complexity index is 672. The molecule has 0 aromatic carbocycles. The molecule has 0 spiro atoms. The van der Waals surface area contributed by atoms with E-state index in [1.165, 1.54) is 11.3 Å². The van der Waals surface area contributed by atoms with E-state index in [1.807, 2.05) is 6.92 Å². The second-order valence-electron chi connectivity index (χ2n) is 4.49. The molecule has 0 saturated heterocycles. The van der Waals surface area contributed by atoms with Gasteiger partial charge in [-0.2, -0.15) is 0 Å². The van der Waals surface area contributed by atoms with Crippen molar-refractivity contribution in [2.24, 2.45) is 0 Å². The van der Waals surface area contributed by atoms with Crippen molar-refractivity contribution in [3.8, 4) is 0 Å². The molecule has 5 nitrogen and oxygen atoms in total. The van der Waals surface area contributed by atoms with E-state index in [2.05, 4.69) is 4.72 Å². The van der Waals surface area contributed by atoms with Gasteiger partial charge in [-0.15, -0.1) is 11.3 Å². The van der Waals surface area contributed by atoms with Crippen molar-refractivity contribution in [1.29, 1.82) is 0 Å². The van der Waals surface area contributed by atoms with Crippen molar-refractivity contribution in [3.63, 3.8) is 0 Å². The van der Waals surface area contributed by atoms with Crippen LogP contribution in [-0.2, 0) is 16.4 Å². The molecule has 2 N–H and O–H groups in total. The third-order valence-corrected chi connectivity index (χ3v) is 5.96. The summed E-state index contributed by atoms with van der Waals surface area (Å²) in [5.41, 5.74) is 0. The van der Waals surface area contributed by atoms with Crippen LogP contribution in [0.4, 0.5) is 0 Å². The van der Waals surface area contributed by atoms with Gasteiger partial charge in [0.1, 0.15) is 15.7 Å². The molecule has 1 atom stereocenters. The standard InChI is InChI=1S/C13H17NO4S2/c1-9-3-5-12(18-9)10(2)14-20(16,17)13-6-4-11(19-13)7-8-15/h3-6,10,14-15H,7-8H2,1-2H3. The number of aryl methyl sites for hydroxylation is 1. The normalized spacial score (nSPS) is 13.6. The number of sulfonamides is 1. The number of nitrogens with one attached hydrogen (secondary N) is 1. The number of aliphatic hydroxyl groups is 1. The molecule has 0 radical (unpaired) electrons. The lowest BCUT2D eigenvalue weighted by atomic mass is 10.3. The summed E-state index contributed by atoms with van der Waals surface area (Å²) in [6, 6.07) is 6.39. The van der Waals surface area contributed by atoms with Crippen LogP contribution >= 0.6 is 11.3 Å². The first-order chi connectivity index (χ1) is 9.42. The van der Waals surface area contributed by atoms with Crippen molar-refractivity contribution < 1.29 is 17.9 Å². The van der Waals surface area contributed by atoms with Crippen LogP contribution in [0.5, 0.6) is 0 Å². The van der Waals surface area contributed by atoms with E-state index in [0.717, 1.165) is 10.6 Å². The average Bonchev–Trinajstić information content (AvgIpc) is 2.98. The lowest BCUT2D eigenvalue weighted by molar-refractivity contribution is 0.300. The average molecular weight is 315 g/mol. The molecule has 1 unspecified atom stereocenters. The number of rotatable bonds is 6. The van der Waals surface area contributed by atoms with Crippen LogP contribution in [0.15, 0.2) is 32.9 Å². The van der Waals surface area contributed by atoms with Crippen LogP contribution in [0.1, 0.15) is 29.4 Å². The van der Waals surface area contributed by atoms with E-state index < -0.39 is 16.1 Å². The zero-order valence-electron chi connectivity index (χ0n) is 11.3. The molecule has 7 heteroatoms. The first-order valence-electron chi connectivity index (χ1n) is 6.20. The Morgan fingerprint density at radius 3 is 2.70 bits per heavy atom. The second kappa shape index (κ2) is 6.09. The number of hydrogen-bond acceptors (Lipinski definition) is 5. The quantitative estimate of drug-likeness (QED) is 0.856. The van der Waals surface area contributed by atoms with E-state index in [1.54, 1.807) is 31.2 Å². The van der Waals surface area contributed by atoms with E-state index in [0.29, 0.717) is 12.2 Å². The SMILES string of the molecule is Cc1ccc(C(C)NS(=O)(=O)c2ccc(CCO)s2)o1. The Hall–Kier alpha value is -1.15. The van der Waals surface area contributed by atoms with Gasteiger partial charge in [-0.05, 0) is 38.1 Å². The maximum absolute atomic E-state index is 12.2. The molecule has 0 fully saturated rings. The van der Waals surface area contributed by atoms with Gasteiger partial charge in [0, 0.05) is 17.9 Å². The van der Waals surface area contributed by atoms with Crippen molar-refractivity contribution >= 4 is 21.4 Å². The minimum absolute atomic E-state index is 0.00943. The highest BCUT2D eigenvalue weighted by atomic mass is 32.2. The van der Waals surface area contributed by atoms with Crippen molar-refractivity contribution in [2.45, 2.75) is 30.5 Å². The van der Waals surface area contributed by atoms with Gasteiger partial charge in [0.15, 0.2) is 0 Å². The highest BCUT2D eigenvalue weighted by molar-refractivity contribution is 7.91. The number of thiophene rings is 1. The van der Waals surface area contributed by atoms with Gasteiger partial charge >= 0.3 is 0 Å². The summed E-state index contributed by atoms with van der Waals surface area (Å²) < 4.78 is 32.7. The lowest BCUT2D eigenvalue weighted by Crippen LogP contribution is -2.25. The van der Waals surface area contributed by atoms with Crippen LogP contribution in [0, 0.1) is 6.92 Å². The second-order valence-corrected chi connectivity index (χ2v) is 7.59. The van der Waals surface area contributed by atoms with E-state index in [9.17, 15) is 8.42 Å². The molecule has 110 valence electrons. The predicted molar refractivity (Wildman–Crippen MR) is 77.3 cm³/mol. The molecule has 20 heavy (non-hydrogen) atoms. The first-order valence-corrected chi connectivity index (χ1v) is 8.50. The Kier molecular flexibility index (Phi) is 4.64. The Morgan fingerprint density at radius 1 is 1.35 bits per heavy atom. The van der Waals surface area contributed by atoms with Gasteiger partial charge in [0.05, 0.1) is 6.04 Å². The summed E-state index contributed by atoms with van der Waals surface area (Å²) in [6.07, 6.45) is 0.465. The number of hydrogen-bond donors (Lipinski definition) is 2. The van der Waals surface area contributed by atoms with E-state index in [-0.39, 0.29) is 10.8 Å². The zero-order chi connectivity index (χ0) is 14.8. The highest BCUT2D eigenvalue weighted by Crippen LogP contribution is 2.24. The number of furan rings is 1. The van der Waals surface area contributed by atoms with Gasteiger partial charge in [-0.25, -0.2) is 13.1 Å². The van der Waals surface area contributed by atoms with Gasteiger partial charge in [0.25, 0.3) is 10.0 Å². The van der Waals surface area contributed by atoms with Crippen LogP contribution < -0.4 is 4.72 Å². The zero-order valence-corrected chi connectivity index (χ0v) is 12.9. The summed E-state index contributed by atoms with van der Waals surface area (Å²) in [7, 11) is -3.57. The van der Waals surface area contributed by atoms with Crippen molar-refractivity contribution in [3.05, 3.63) is 40.7 Å². The van der Waals surface area contributed by atoms with Crippen LogP contribution in [0.2, 0.25) is 0 Å². The molecule has 0 amide bonds. The summed E-state index contributed by atoms with van der Waals surface area (Å²) in [5, 5.41) is 8.86. The predicted octanol–water partition coefficient (Wildman–Crippen LogP) is 2.22. The van der Waals surface area contributed by atoms with Crippen LogP contribution in [0.3, 0.4) is 0 Å². The Morgan fingerprint density at radius 2 is 2.10 bits per heavy atom. The summed E-state index contributed by atoms with van der Waals surface area (Å²) >= 11 is 1.17. The Labute approximate surface area is 122 Å². The smallest absolute Gasteiger partial charge is 0.250 e. The van der Waals surface area contributed by atoms with Gasteiger partial charge in [0.2, 0.25) is 0 Å². The molecule has 0 aliphatic carbocycles.